The first-order chi connectivity index (χ1) is 9.45. The zero-order valence-corrected chi connectivity index (χ0v) is 13.9. The largest absolute Gasteiger partial charge is 0.495 e. The van der Waals surface area contributed by atoms with Crippen molar-refractivity contribution in [3.63, 3.8) is 0 Å². The lowest BCUT2D eigenvalue weighted by atomic mass is 9.99. The van der Waals surface area contributed by atoms with Crippen LogP contribution in [0.15, 0.2) is 34.8 Å². The molecule has 2 aromatic carbocycles. The van der Waals surface area contributed by atoms with E-state index >= 15 is 0 Å². The molecule has 0 amide bonds. The van der Waals surface area contributed by atoms with E-state index in [4.69, 9.17) is 27.9 Å². The Kier molecular flexibility index (Phi) is 4.74. The summed E-state index contributed by atoms with van der Waals surface area (Å²) in [5, 5.41) is 0.670. The molecule has 0 atom stereocenters. The molecule has 0 aliphatic carbocycles. The van der Waals surface area contributed by atoms with E-state index in [9.17, 15) is 4.79 Å². The summed E-state index contributed by atoms with van der Waals surface area (Å²) >= 11 is 15.6. The smallest absolute Gasteiger partial charge is 0.194 e. The normalized spacial score (nSPS) is 10.4. The van der Waals surface area contributed by atoms with Gasteiger partial charge in [-0.25, -0.2) is 0 Å². The van der Waals surface area contributed by atoms with Crippen LogP contribution in [0.5, 0.6) is 5.75 Å². The molecule has 0 saturated carbocycles. The number of halogens is 3. The first-order valence-corrected chi connectivity index (χ1v) is 7.33. The van der Waals surface area contributed by atoms with Gasteiger partial charge in [0.1, 0.15) is 5.75 Å². The highest BCUT2D eigenvalue weighted by Gasteiger charge is 2.18. The van der Waals surface area contributed by atoms with Crippen LogP contribution in [0.4, 0.5) is 0 Å². The van der Waals surface area contributed by atoms with Crippen LogP contribution in [0.3, 0.4) is 0 Å². The molecule has 0 aliphatic rings. The van der Waals surface area contributed by atoms with E-state index in [0.29, 0.717) is 26.9 Å². The predicted octanol–water partition coefficient (Wildman–Crippen LogP) is 5.30. The van der Waals surface area contributed by atoms with Crippen molar-refractivity contribution in [3.8, 4) is 5.75 Å². The van der Waals surface area contributed by atoms with E-state index in [1.165, 1.54) is 13.2 Å². The molecule has 0 saturated heterocycles. The van der Waals surface area contributed by atoms with Crippen molar-refractivity contribution in [2.45, 2.75) is 6.92 Å². The third-order valence-corrected chi connectivity index (χ3v) is 4.47. The summed E-state index contributed by atoms with van der Waals surface area (Å²) in [6.07, 6.45) is 0. The Morgan fingerprint density at radius 2 is 1.85 bits per heavy atom. The average molecular weight is 374 g/mol. The van der Waals surface area contributed by atoms with Crippen molar-refractivity contribution in [2.24, 2.45) is 0 Å². The standard InChI is InChI=1S/C15H11BrCl2O2/c1-8-9(4-3-5-11(8)16)15(19)10-6-13(18)14(20-2)7-12(10)17/h3-7H,1-2H3. The van der Waals surface area contributed by atoms with Gasteiger partial charge in [-0.1, -0.05) is 51.3 Å². The maximum absolute atomic E-state index is 12.6. The zero-order valence-electron chi connectivity index (χ0n) is 10.8. The van der Waals surface area contributed by atoms with Crippen molar-refractivity contribution in [1.82, 2.24) is 0 Å². The first-order valence-electron chi connectivity index (χ1n) is 5.78. The van der Waals surface area contributed by atoms with Crippen molar-refractivity contribution in [3.05, 3.63) is 61.5 Å². The molecule has 0 radical (unpaired) electrons. The Balaban J connectivity index is 2.54. The van der Waals surface area contributed by atoms with E-state index in [1.54, 1.807) is 12.1 Å². The molecule has 0 aliphatic heterocycles. The van der Waals surface area contributed by atoms with Gasteiger partial charge in [-0.15, -0.1) is 0 Å². The van der Waals surface area contributed by atoms with Gasteiger partial charge >= 0.3 is 0 Å². The van der Waals surface area contributed by atoms with Gasteiger partial charge in [0.2, 0.25) is 0 Å². The Bertz CT molecular complexity index is 684. The molecular weight excluding hydrogens is 363 g/mol. The zero-order chi connectivity index (χ0) is 14.9. The third-order valence-electron chi connectivity index (χ3n) is 3.00. The molecule has 2 rings (SSSR count). The van der Waals surface area contributed by atoms with Crippen LogP contribution < -0.4 is 4.74 Å². The summed E-state index contributed by atoms with van der Waals surface area (Å²) in [6, 6.07) is 8.53. The molecule has 0 unspecified atom stereocenters. The van der Waals surface area contributed by atoms with Gasteiger partial charge in [-0.2, -0.15) is 0 Å². The molecule has 0 heterocycles. The molecule has 5 heteroatoms. The fourth-order valence-corrected chi connectivity index (χ4v) is 2.70. The fraction of sp³-hybridized carbons (Fsp3) is 0.133. The maximum Gasteiger partial charge on any atom is 0.194 e. The number of hydrogen-bond donors (Lipinski definition) is 0. The number of methoxy groups -OCH3 is 1. The SMILES string of the molecule is COc1cc(Cl)c(C(=O)c2cccc(Br)c2C)cc1Cl. The van der Waals surface area contributed by atoms with Crippen molar-refractivity contribution in [1.29, 1.82) is 0 Å². The molecule has 20 heavy (non-hydrogen) atoms. The molecule has 2 aromatic rings. The van der Waals surface area contributed by atoms with Gasteiger partial charge < -0.3 is 4.74 Å². The van der Waals surface area contributed by atoms with Crippen LogP contribution in [0.2, 0.25) is 10.0 Å². The lowest BCUT2D eigenvalue weighted by Gasteiger charge is -2.10. The molecular formula is C15H11BrCl2O2. The van der Waals surface area contributed by atoms with E-state index < -0.39 is 0 Å². The second-order valence-corrected chi connectivity index (χ2v) is 5.88. The minimum atomic E-state index is -0.168. The number of ether oxygens (including phenoxy) is 1. The van der Waals surface area contributed by atoms with E-state index in [-0.39, 0.29) is 5.78 Å². The first kappa shape index (κ1) is 15.4. The molecule has 0 spiro atoms. The van der Waals surface area contributed by atoms with Crippen LogP contribution in [0, 0.1) is 6.92 Å². The van der Waals surface area contributed by atoms with Crippen LogP contribution in [-0.4, -0.2) is 12.9 Å². The Morgan fingerprint density at radius 3 is 2.50 bits per heavy atom. The second kappa shape index (κ2) is 6.17. The molecule has 0 N–H and O–H groups in total. The molecule has 0 fully saturated rings. The van der Waals surface area contributed by atoms with Gasteiger partial charge in [0.25, 0.3) is 0 Å². The van der Waals surface area contributed by atoms with E-state index in [1.807, 2.05) is 19.1 Å². The Morgan fingerprint density at radius 1 is 1.15 bits per heavy atom. The topological polar surface area (TPSA) is 26.3 Å². The minimum Gasteiger partial charge on any atom is -0.495 e. The van der Waals surface area contributed by atoms with Gasteiger partial charge in [-0.05, 0) is 24.6 Å². The molecule has 2 nitrogen and oxygen atoms in total. The number of ketones is 1. The van der Waals surface area contributed by atoms with Crippen molar-refractivity contribution < 1.29 is 9.53 Å². The van der Waals surface area contributed by atoms with Crippen molar-refractivity contribution >= 4 is 44.9 Å². The number of carbonyl (C=O) groups is 1. The molecule has 104 valence electrons. The molecule has 0 aromatic heterocycles. The highest BCUT2D eigenvalue weighted by atomic mass is 79.9. The van der Waals surface area contributed by atoms with Crippen LogP contribution >= 0.6 is 39.1 Å². The second-order valence-electron chi connectivity index (χ2n) is 4.21. The van der Waals surface area contributed by atoms with Crippen LogP contribution in [0.25, 0.3) is 0 Å². The summed E-state index contributed by atoms with van der Waals surface area (Å²) < 4.78 is 5.95. The van der Waals surface area contributed by atoms with Gasteiger partial charge in [0.15, 0.2) is 5.78 Å². The fourth-order valence-electron chi connectivity index (χ4n) is 1.86. The van der Waals surface area contributed by atoms with Gasteiger partial charge in [0, 0.05) is 21.7 Å². The maximum atomic E-state index is 12.6. The average Bonchev–Trinajstić information content (AvgIpc) is 2.43. The highest BCUT2D eigenvalue weighted by Crippen LogP contribution is 2.33. The van der Waals surface area contributed by atoms with Crippen molar-refractivity contribution in [2.75, 3.05) is 7.11 Å². The minimum absolute atomic E-state index is 0.168. The van der Waals surface area contributed by atoms with Gasteiger partial charge in [0.05, 0.1) is 17.2 Å². The third kappa shape index (κ3) is 2.85. The monoisotopic (exact) mass is 372 g/mol. The molecule has 0 bridgehead atoms. The summed E-state index contributed by atoms with van der Waals surface area (Å²) in [7, 11) is 1.50. The summed E-state index contributed by atoms with van der Waals surface area (Å²) in [5.74, 6) is 0.275. The number of carbonyl (C=O) groups excluding carboxylic acids is 1. The van der Waals surface area contributed by atoms with E-state index in [0.717, 1.165) is 10.0 Å². The van der Waals surface area contributed by atoms with Crippen LogP contribution in [0.1, 0.15) is 21.5 Å². The summed E-state index contributed by atoms with van der Waals surface area (Å²) in [5.41, 5.74) is 1.81. The Labute approximate surface area is 135 Å². The number of hydrogen-bond acceptors (Lipinski definition) is 2. The highest BCUT2D eigenvalue weighted by molar-refractivity contribution is 9.10. The Hall–Kier alpha value is -1.03. The van der Waals surface area contributed by atoms with Gasteiger partial charge in [-0.3, -0.25) is 4.79 Å². The lowest BCUT2D eigenvalue weighted by Crippen LogP contribution is -2.05. The number of rotatable bonds is 3. The number of benzene rings is 2. The van der Waals surface area contributed by atoms with E-state index in [2.05, 4.69) is 15.9 Å². The predicted molar refractivity (Wildman–Crippen MR) is 85.3 cm³/mol. The quantitative estimate of drug-likeness (QED) is 0.682. The summed E-state index contributed by atoms with van der Waals surface area (Å²) in [6.45, 7) is 1.87. The van der Waals surface area contributed by atoms with Crippen LogP contribution in [-0.2, 0) is 0 Å². The summed E-state index contributed by atoms with van der Waals surface area (Å²) in [4.78, 5) is 12.6. The lowest BCUT2D eigenvalue weighted by molar-refractivity contribution is 0.103.